The van der Waals surface area contributed by atoms with Crippen LogP contribution in [0.3, 0.4) is 0 Å². The molecule has 0 unspecified atom stereocenters. The van der Waals surface area contributed by atoms with Crippen LogP contribution in [-0.4, -0.2) is 54.5 Å². The fourth-order valence-electron chi connectivity index (χ4n) is 2.75. The van der Waals surface area contributed by atoms with Crippen LogP contribution in [0, 0.1) is 0 Å². The summed E-state index contributed by atoms with van der Waals surface area (Å²) >= 11 is 0. The second-order valence-electron chi connectivity index (χ2n) is 6.50. The van der Waals surface area contributed by atoms with Gasteiger partial charge in [0.15, 0.2) is 11.5 Å². The molecule has 0 heterocycles. The molecular weight excluding hydrogens is 408 g/mol. The second-order valence-corrected chi connectivity index (χ2v) is 8.41. The summed E-state index contributed by atoms with van der Waals surface area (Å²) < 4.78 is 41.5. The van der Waals surface area contributed by atoms with Gasteiger partial charge in [-0.2, -0.15) is 0 Å². The normalized spacial score (nSPS) is 10.9. The third kappa shape index (κ3) is 6.55. The lowest BCUT2D eigenvalue weighted by atomic mass is 10.2. The van der Waals surface area contributed by atoms with Gasteiger partial charge in [0.05, 0.1) is 32.7 Å². The van der Waals surface area contributed by atoms with Gasteiger partial charge in [0.2, 0.25) is 15.9 Å². The number of hydrogen-bond acceptors (Lipinski definition) is 6. The fraction of sp³-hybridized carbons (Fsp3) is 0.381. The van der Waals surface area contributed by atoms with Crippen LogP contribution < -0.4 is 23.8 Å². The predicted molar refractivity (Wildman–Crippen MR) is 116 cm³/mol. The first-order valence-electron chi connectivity index (χ1n) is 9.46. The van der Waals surface area contributed by atoms with E-state index >= 15 is 0 Å². The largest absolute Gasteiger partial charge is 0.493 e. The average molecular weight is 437 g/mol. The topological polar surface area (TPSA) is 94.2 Å². The number of anilines is 1. The number of amides is 1. The number of hydrogen-bond donors (Lipinski definition) is 1. The van der Waals surface area contributed by atoms with Crippen LogP contribution in [-0.2, 0) is 21.2 Å². The molecule has 0 atom stereocenters. The first-order chi connectivity index (χ1) is 14.3. The highest BCUT2D eigenvalue weighted by atomic mass is 32.2. The van der Waals surface area contributed by atoms with Gasteiger partial charge in [0, 0.05) is 6.07 Å². The summed E-state index contributed by atoms with van der Waals surface area (Å²) in [6.45, 7) is 2.23. The minimum Gasteiger partial charge on any atom is -0.493 e. The van der Waals surface area contributed by atoms with Crippen LogP contribution in [0.2, 0.25) is 0 Å². The Bertz CT molecular complexity index is 944. The number of nitrogens with zero attached hydrogens (tertiary/aromatic N) is 1. The molecule has 0 fully saturated rings. The number of sulfonamides is 1. The number of rotatable bonds is 11. The van der Waals surface area contributed by atoms with Crippen molar-refractivity contribution >= 4 is 21.6 Å². The molecular formula is C21H28N2O6S. The highest BCUT2D eigenvalue weighted by Crippen LogP contribution is 2.32. The number of nitrogens with one attached hydrogen (secondary N) is 1. The van der Waals surface area contributed by atoms with Crippen molar-refractivity contribution < 1.29 is 27.4 Å². The first-order valence-corrected chi connectivity index (χ1v) is 11.3. The summed E-state index contributed by atoms with van der Waals surface area (Å²) in [4.78, 5) is 12.3. The maximum atomic E-state index is 12.3. The van der Waals surface area contributed by atoms with E-state index < -0.39 is 15.9 Å². The molecule has 0 aliphatic heterocycles. The van der Waals surface area contributed by atoms with E-state index in [4.69, 9.17) is 14.2 Å². The van der Waals surface area contributed by atoms with Gasteiger partial charge in [-0.15, -0.1) is 0 Å². The summed E-state index contributed by atoms with van der Waals surface area (Å²) in [6.07, 6.45) is 1.99. The second kappa shape index (κ2) is 10.7. The molecule has 1 N–H and O–H groups in total. The van der Waals surface area contributed by atoms with Crippen molar-refractivity contribution in [1.29, 1.82) is 0 Å². The molecule has 2 aromatic carbocycles. The molecule has 8 nitrogen and oxygen atoms in total. The Morgan fingerprint density at radius 2 is 1.70 bits per heavy atom. The molecule has 164 valence electrons. The molecule has 2 rings (SSSR count). The Kier molecular flexibility index (Phi) is 8.35. The molecule has 0 radical (unpaired) electrons. The van der Waals surface area contributed by atoms with Crippen LogP contribution in [0.15, 0.2) is 42.5 Å². The van der Waals surface area contributed by atoms with Crippen molar-refractivity contribution in [2.45, 2.75) is 13.3 Å². The smallest absolute Gasteiger partial charge is 0.240 e. The molecule has 0 saturated heterocycles. The number of methoxy groups -OCH3 is 2. The number of carbonyl (C=O) groups is 1. The van der Waals surface area contributed by atoms with Gasteiger partial charge in [-0.25, -0.2) is 8.42 Å². The van der Waals surface area contributed by atoms with Gasteiger partial charge >= 0.3 is 0 Å². The molecule has 0 bridgehead atoms. The quantitative estimate of drug-likeness (QED) is 0.543. The zero-order valence-electron chi connectivity index (χ0n) is 17.7. The average Bonchev–Trinajstić information content (AvgIpc) is 2.74. The Hall–Kier alpha value is -2.94. The molecule has 9 heteroatoms. The number of carbonyl (C=O) groups excluding carboxylic acids is 1. The van der Waals surface area contributed by atoms with Gasteiger partial charge in [-0.1, -0.05) is 19.1 Å². The third-order valence-corrected chi connectivity index (χ3v) is 5.51. The third-order valence-electron chi connectivity index (χ3n) is 4.37. The molecule has 1 amide bonds. The maximum Gasteiger partial charge on any atom is 0.240 e. The van der Waals surface area contributed by atoms with Crippen LogP contribution >= 0.6 is 0 Å². The van der Waals surface area contributed by atoms with Crippen molar-refractivity contribution in [2.75, 3.05) is 44.5 Å². The maximum absolute atomic E-state index is 12.3. The number of benzene rings is 2. The van der Waals surface area contributed by atoms with Crippen molar-refractivity contribution in [2.24, 2.45) is 0 Å². The molecule has 2 aromatic rings. The lowest BCUT2D eigenvalue weighted by Crippen LogP contribution is -2.41. The van der Waals surface area contributed by atoms with E-state index in [0.29, 0.717) is 22.9 Å². The van der Waals surface area contributed by atoms with Gasteiger partial charge in [-0.05, 0) is 36.2 Å². The van der Waals surface area contributed by atoms with Gasteiger partial charge in [0.1, 0.15) is 18.9 Å². The lowest BCUT2D eigenvalue weighted by molar-refractivity contribution is -0.119. The van der Waals surface area contributed by atoms with Gasteiger partial charge in [-0.3, -0.25) is 9.10 Å². The molecule has 0 aliphatic carbocycles. The van der Waals surface area contributed by atoms with E-state index in [0.717, 1.165) is 17.0 Å². The van der Waals surface area contributed by atoms with Crippen LogP contribution in [0.4, 0.5) is 5.69 Å². The Morgan fingerprint density at radius 3 is 2.27 bits per heavy atom. The molecule has 30 heavy (non-hydrogen) atoms. The SMILES string of the molecule is CCc1ccc(OCCNC(=O)CN(c2ccc(OC)c(OC)c2)S(C)(=O)=O)cc1. The summed E-state index contributed by atoms with van der Waals surface area (Å²) in [7, 11) is -0.754. The first kappa shape index (κ1) is 23.3. The van der Waals surface area contributed by atoms with Gasteiger partial charge in [0.25, 0.3) is 0 Å². The van der Waals surface area contributed by atoms with E-state index in [1.807, 2.05) is 24.3 Å². The highest BCUT2D eigenvalue weighted by Gasteiger charge is 2.22. The standard InChI is InChI=1S/C21H28N2O6S/c1-5-16-6-9-18(10-7-16)29-13-12-22-21(24)15-23(30(4,25)26)17-8-11-19(27-2)20(14-17)28-3/h6-11,14H,5,12-13,15H2,1-4H3,(H,22,24). The minimum absolute atomic E-state index is 0.248. The van der Waals surface area contributed by atoms with Crippen LogP contribution in [0.5, 0.6) is 17.2 Å². The molecule has 0 spiro atoms. The van der Waals surface area contributed by atoms with E-state index in [1.54, 1.807) is 12.1 Å². The predicted octanol–water partition coefficient (Wildman–Crippen LogP) is 2.23. The molecule has 0 aliphatic rings. The Morgan fingerprint density at radius 1 is 1.03 bits per heavy atom. The minimum atomic E-state index is -3.69. The molecule has 0 saturated carbocycles. The van der Waals surface area contributed by atoms with Crippen molar-refractivity contribution in [3.63, 3.8) is 0 Å². The van der Waals surface area contributed by atoms with Crippen LogP contribution in [0.25, 0.3) is 0 Å². The van der Waals surface area contributed by atoms with E-state index in [2.05, 4.69) is 12.2 Å². The zero-order chi connectivity index (χ0) is 22.1. The van der Waals surface area contributed by atoms with Crippen molar-refractivity contribution in [3.8, 4) is 17.2 Å². The van der Waals surface area contributed by atoms with E-state index in [-0.39, 0.29) is 19.7 Å². The van der Waals surface area contributed by atoms with E-state index in [9.17, 15) is 13.2 Å². The lowest BCUT2D eigenvalue weighted by Gasteiger charge is -2.23. The monoisotopic (exact) mass is 436 g/mol. The van der Waals surface area contributed by atoms with E-state index in [1.165, 1.54) is 25.8 Å². The summed E-state index contributed by atoms with van der Waals surface area (Å²) in [5.74, 6) is 1.10. The van der Waals surface area contributed by atoms with Gasteiger partial charge < -0.3 is 19.5 Å². The van der Waals surface area contributed by atoms with Crippen LogP contribution in [0.1, 0.15) is 12.5 Å². The van der Waals surface area contributed by atoms with Crippen molar-refractivity contribution in [3.05, 3.63) is 48.0 Å². The number of aryl methyl sites for hydroxylation is 1. The summed E-state index contributed by atoms with van der Waals surface area (Å²) in [5, 5.41) is 2.67. The summed E-state index contributed by atoms with van der Waals surface area (Å²) in [5.41, 5.74) is 1.52. The Labute approximate surface area is 177 Å². The number of ether oxygens (including phenoxy) is 3. The fourth-order valence-corrected chi connectivity index (χ4v) is 3.60. The zero-order valence-corrected chi connectivity index (χ0v) is 18.5. The molecule has 0 aromatic heterocycles. The highest BCUT2D eigenvalue weighted by molar-refractivity contribution is 7.92. The Balaban J connectivity index is 1.95. The summed E-state index contributed by atoms with van der Waals surface area (Å²) in [6, 6.07) is 12.4. The van der Waals surface area contributed by atoms with Crippen molar-refractivity contribution in [1.82, 2.24) is 5.32 Å².